The molecule has 0 unspecified atom stereocenters. The zero-order valence-electron chi connectivity index (χ0n) is 17.0. The number of imide groups is 1. The first-order chi connectivity index (χ1) is 14.9. The number of rotatable bonds is 4. The summed E-state index contributed by atoms with van der Waals surface area (Å²) < 4.78 is 0. The van der Waals surface area contributed by atoms with E-state index in [4.69, 9.17) is 23.2 Å². The van der Waals surface area contributed by atoms with Crippen LogP contribution in [-0.4, -0.2) is 35.7 Å². The van der Waals surface area contributed by atoms with Gasteiger partial charge in [0.1, 0.15) is 10.7 Å². The highest BCUT2D eigenvalue weighted by atomic mass is 35.5. The maximum absolute atomic E-state index is 13.0. The van der Waals surface area contributed by atoms with Crippen LogP contribution in [0.25, 0.3) is 0 Å². The van der Waals surface area contributed by atoms with Gasteiger partial charge in [-0.1, -0.05) is 29.3 Å². The number of hydrogen-bond acceptors (Lipinski definition) is 4. The minimum Gasteiger partial charge on any atom is -0.349 e. The normalized spacial score (nSPS) is 16.9. The maximum Gasteiger partial charge on any atom is 0.283 e. The van der Waals surface area contributed by atoms with Crippen molar-refractivity contribution in [2.45, 2.75) is 26.2 Å². The van der Waals surface area contributed by atoms with E-state index in [0.717, 1.165) is 42.8 Å². The number of benzene rings is 2. The zero-order chi connectivity index (χ0) is 22.1. The summed E-state index contributed by atoms with van der Waals surface area (Å²) in [6.07, 6.45) is 3.14. The molecule has 3 amide bonds. The largest absolute Gasteiger partial charge is 0.349 e. The molecule has 2 aromatic carbocycles. The first kappa shape index (κ1) is 21.4. The summed E-state index contributed by atoms with van der Waals surface area (Å²) in [6.45, 7) is 3.34. The second-order valence-electron chi connectivity index (χ2n) is 7.62. The molecule has 2 aliphatic heterocycles. The van der Waals surface area contributed by atoms with Crippen LogP contribution in [-0.2, 0) is 9.59 Å². The van der Waals surface area contributed by atoms with Crippen LogP contribution in [0.4, 0.5) is 11.4 Å². The SMILES string of the molecule is Cc1ccc(C(=O)N2CCCCC2)cc1NC1=C(Cl)C(=O)N(c2ccc(Cl)cc2)C1=O. The number of nitrogens with one attached hydrogen (secondary N) is 1. The predicted molar refractivity (Wildman–Crippen MR) is 121 cm³/mol. The quantitative estimate of drug-likeness (QED) is 0.674. The molecule has 0 aromatic heterocycles. The highest BCUT2D eigenvalue weighted by molar-refractivity contribution is 6.53. The van der Waals surface area contributed by atoms with E-state index in [0.29, 0.717) is 22.0 Å². The molecule has 1 N–H and O–H groups in total. The lowest BCUT2D eigenvalue weighted by molar-refractivity contribution is -0.120. The fourth-order valence-corrected chi connectivity index (χ4v) is 4.08. The van der Waals surface area contributed by atoms with Gasteiger partial charge >= 0.3 is 0 Å². The Morgan fingerprint density at radius 2 is 1.61 bits per heavy atom. The molecule has 0 spiro atoms. The lowest BCUT2D eigenvalue weighted by atomic mass is 10.1. The Morgan fingerprint density at radius 3 is 2.29 bits per heavy atom. The van der Waals surface area contributed by atoms with Gasteiger partial charge in [-0.2, -0.15) is 0 Å². The van der Waals surface area contributed by atoms with Crippen molar-refractivity contribution in [2.24, 2.45) is 0 Å². The number of amides is 3. The summed E-state index contributed by atoms with van der Waals surface area (Å²) in [4.78, 5) is 41.3. The van der Waals surface area contributed by atoms with Gasteiger partial charge in [0, 0.05) is 29.4 Å². The van der Waals surface area contributed by atoms with Crippen LogP contribution in [0.2, 0.25) is 5.02 Å². The predicted octanol–water partition coefficient (Wildman–Crippen LogP) is 4.71. The molecule has 0 bridgehead atoms. The summed E-state index contributed by atoms with van der Waals surface area (Å²) in [5.41, 5.74) is 2.25. The third-order valence-electron chi connectivity index (χ3n) is 5.50. The zero-order valence-corrected chi connectivity index (χ0v) is 18.5. The Morgan fingerprint density at radius 1 is 0.935 bits per heavy atom. The highest BCUT2D eigenvalue weighted by Crippen LogP contribution is 2.32. The van der Waals surface area contributed by atoms with Gasteiger partial charge in [0.05, 0.1) is 5.69 Å². The molecule has 31 heavy (non-hydrogen) atoms. The standard InChI is InChI=1S/C23H21Cl2N3O3/c1-14-5-6-15(21(29)27-11-3-2-4-12-27)13-18(14)26-20-19(25)22(30)28(23(20)31)17-9-7-16(24)8-10-17/h5-10,13,26H,2-4,11-12H2,1H3. The van der Waals surface area contributed by atoms with Crippen LogP contribution >= 0.6 is 23.2 Å². The number of nitrogens with zero attached hydrogens (tertiary/aromatic N) is 2. The molecule has 0 aliphatic carbocycles. The van der Waals surface area contributed by atoms with Gasteiger partial charge < -0.3 is 10.2 Å². The Labute approximate surface area is 190 Å². The summed E-state index contributed by atoms with van der Waals surface area (Å²) in [5.74, 6) is -1.22. The van der Waals surface area contributed by atoms with Crippen molar-refractivity contribution in [1.29, 1.82) is 0 Å². The lowest BCUT2D eigenvalue weighted by Crippen LogP contribution is -2.35. The first-order valence-corrected chi connectivity index (χ1v) is 10.8. The van der Waals surface area contributed by atoms with Gasteiger partial charge in [-0.15, -0.1) is 0 Å². The van der Waals surface area contributed by atoms with Gasteiger partial charge in [0.15, 0.2) is 0 Å². The molecule has 2 aromatic rings. The molecular formula is C23H21Cl2N3O3. The van der Waals surface area contributed by atoms with Crippen LogP contribution < -0.4 is 10.2 Å². The number of carbonyl (C=O) groups excluding carboxylic acids is 3. The molecule has 1 fully saturated rings. The Balaban J connectivity index is 1.59. The minimum absolute atomic E-state index is 0.0210. The van der Waals surface area contributed by atoms with Crippen LogP contribution in [0.5, 0.6) is 0 Å². The van der Waals surface area contributed by atoms with Gasteiger partial charge in [-0.25, -0.2) is 4.90 Å². The van der Waals surface area contributed by atoms with E-state index in [1.165, 1.54) is 0 Å². The third-order valence-corrected chi connectivity index (χ3v) is 6.10. The van der Waals surface area contributed by atoms with E-state index in [-0.39, 0.29) is 16.6 Å². The molecule has 2 aliphatic rings. The Bertz CT molecular complexity index is 1090. The van der Waals surface area contributed by atoms with E-state index >= 15 is 0 Å². The van der Waals surface area contributed by atoms with Gasteiger partial charge in [-0.05, 0) is 68.1 Å². The number of hydrogen-bond donors (Lipinski definition) is 1. The minimum atomic E-state index is -0.616. The van der Waals surface area contributed by atoms with E-state index in [2.05, 4.69) is 5.32 Å². The smallest absolute Gasteiger partial charge is 0.283 e. The number of likely N-dealkylation sites (tertiary alicyclic amines) is 1. The van der Waals surface area contributed by atoms with Crippen molar-refractivity contribution in [1.82, 2.24) is 4.90 Å². The Hall–Kier alpha value is -2.83. The first-order valence-electron chi connectivity index (χ1n) is 10.1. The average Bonchev–Trinajstić information content (AvgIpc) is 2.99. The van der Waals surface area contributed by atoms with Crippen LogP contribution in [0.15, 0.2) is 53.2 Å². The van der Waals surface area contributed by atoms with Gasteiger partial charge in [0.25, 0.3) is 17.7 Å². The monoisotopic (exact) mass is 457 g/mol. The van der Waals surface area contributed by atoms with E-state index in [9.17, 15) is 14.4 Å². The number of piperidine rings is 1. The molecular weight excluding hydrogens is 437 g/mol. The second-order valence-corrected chi connectivity index (χ2v) is 8.43. The molecule has 160 valence electrons. The molecule has 0 saturated carbocycles. The molecule has 2 heterocycles. The van der Waals surface area contributed by atoms with Gasteiger partial charge in [-0.3, -0.25) is 14.4 Å². The topological polar surface area (TPSA) is 69.7 Å². The third kappa shape index (κ3) is 4.18. The van der Waals surface area contributed by atoms with E-state index < -0.39 is 11.8 Å². The highest BCUT2D eigenvalue weighted by Gasteiger charge is 2.39. The fourth-order valence-electron chi connectivity index (χ4n) is 3.74. The molecule has 1 saturated heterocycles. The summed E-state index contributed by atoms with van der Waals surface area (Å²) in [6, 6.07) is 11.6. The van der Waals surface area contributed by atoms with Gasteiger partial charge in [0.2, 0.25) is 0 Å². The Kier molecular flexibility index (Phi) is 6.03. The van der Waals surface area contributed by atoms with Crippen molar-refractivity contribution in [2.75, 3.05) is 23.3 Å². The van der Waals surface area contributed by atoms with E-state index in [1.807, 2.05) is 17.9 Å². The summed E-state index contributed by atoms with van der Waals surface area (Å²) >= 11 is 12.1. The van der Waals surface area contributed by atoms with Crippen LogP contribution in [0, 0.1) is 6.92 Å². The van der Waals surface area contributed by atoms with E-state index in [1.54, 1.807) is 36.4 Å². The van der Waals surface area contributed by atoms with Crippen LogP contribution in [0.1, 0.15) is 35.2 Å². The average molecular weight is 458 g/mol. The fraction of sp³-hybridized carbons (Fsp3) is 0.261. The van der Waals surface area contributed by atoms with Crippen molar-refractivity contribution >= 4 is 52.3 Å². The molecule has 0 radical (unpaired) electrons. The molecule has 4 rings (SSSR count). The number of aryl methyl sites for hydroxylation is 1. The molecule has 8 heteroatoms. The summed E-state index contributed by atoms with van der Waals surface area (Å²) in [5, 5.41) is 3.28. The van der Waals surface area contributed by atoms with Crippen molar-refractivity contribution in [3.05, 3.63) is 69.3 Å². The molecule has 6 nitrogen and oxygen atoms in total. The number of halogens is 2. The lowest BCUT2D eigenvalue weighted by Gasteiger charge is -2.27. The molecule has 0 atom stereocenters. The number of carbonyl (C=O) groups is 3. The second kappa shape index (κ2) is 8.73. The maximum atomic E-state index is 13.0. The number of anilines is 2. The van der Waals surface area contributed by atoms with Crippen molar-refractivity contribution in [3.8, 4) is 0 Å². The summed E-state index contributed by atoms with van der Waals surface area (Å²) in [7, 11) is 0. The van der Waals surface area contributed by atoms with Crippen molar-refractivity contribution < 1.29 is 14.4 Å². The van der Waals surface area contributed by atoms with Crippen molar-refractivity contribution in [3.63, 3.8) is 0 Å². The van der Waals surface area contributed by atoms with Crippen LogP contribution in [0.3, 0.4) is 0 Å².